The number of amides is 1. The van der Waals surface area contributed by atoms with Crippen molar-refractivity contribution in [1.29, 1.82) is 0 Å². The Morgan fingerprint density at radius 2 is 2.20 bits per heavy atom. The molecule has 5 heteroatoms. The second kappa shape index (κ2) is 5.95. The summed E-state index contributed by atoms with van der Waals surface area (Å²) < 4.78 is 1.83. The highest BCUT2D eigenvalue weighted by Crippen LogP contribution is 2.39. The van der Waals surface area contributed by atoms with Gasteiger partial charge in [-0.3, -0.25) is 4.79 Å². The van der Waals surface area contributed by atoms with Crippen molar-refractivity contribution < 1.29 is 4.79 Å². The van der Waals surface area contributed by atoms with Crippen LogP contribution in [0.3, 0.4) is 0 Å². The van der Waals surface area contributed by atoms with Crippen molar-refractivity contribution in [2.45, 2.75) is 52.5 Å². The highest BCUT2D eigenvalue weighted by Gasteiger charge is 2.40. The zero-order chi connectivity index (χ0) is 14.8. The molecule has 3 N–H and O–H groups in total. The molecule has 0 bridgehead atoms. The van der Waals surface area contributed by atoms with E-state index in [0.29, 0.717) is 12.5 Å². The Hall–Kier alpha value is -1.36. The van der Waals surface area contributed by atoms with Gasteiger partial charge in [0.25, 0.3) is 0 Å². The Balaban J connectivity index is 2.12. The first-order chi connectivity index (χ1) is 9.48. The standard InChI is InChI=1S/C15H26N4O/c1-11(2)19-13(6-9-17-19)18-14(20)15(10-16)7-4-12(3)5-8-15/h6,9,11-12H,4-5,7-8,10,16H2,1-3H3,(H,18,20). The molecule has 0 aromatic carbocycles. The lowest BCUT2D eigenvalue weighted by molar-refractivity contribution is -0.127. The maximum atomic E-state index is 12.7. The van der Waals surface area contributed by atoms with Gasteiger partial charge in [-0.2, -0.15) is 5.10 Å². The lowest BCUT2D eigenvalue weighted by atomic mass is 9.70. The summed E-state index contributed by atoms with van der Waals surface area (Å²) in [5, 5.41) is 7.27. The van der Waals surface area contributed by atoms with Crippen molar-refractivity contribution in [2.75, 3.05) is 11.9 Å². The van der Waals surface area contributed by atoms with E-state index in [1.165, 1.54) is 0 Å². The Morgan fingerprint density at radius 3 is 2.75 bits per heavy atom. The molecule has 112 valence electrons. The second-order valence-corrected chi connectivity index (χ2v) is 6.38. The summed E-state index contributed by atoms with van der Waals surface area (Å²) in [6.07, 6.45) is 5.63. The van der Waals surface area contributed by atoms with Crippen molar-refractivity contribution in [3.05, 3.63) is 12.3 Å². The van der Waals surface area contributed by atoms with Gasteiger partial charge in [0, 0.05) is 18.7 Å². The number of nitrogens with two attached hydrogens (primary N) is 1. The first-order valence-electron chi connectivity index (χ1n) is 7.53. The van der Waals surface area contributed by atoms with Gasteiger partial charge in [-0.1, -0.05) is 6.92 Å². The molecule has 0 saturated heterocycles. The fraction of sp³-hybridized carbons (Fsp3) is 0.733. The predicted octanol–water partition coefficient (Wildman–Crippen LogP) is 2.56. The van der Waals surface area contributed by atoms with E-state index in [9.17, 15) is 4.79 Å². The van der Waals surface area contributed by atoms with E-state index in [1.54, 1.807) is 6.20 Å². The van der Waals surface area contributed by atoms with Gasteiger partial charge in [-0.05, 0) is 45.4 Å². The molecule has 0 unspecified atom stereocenters. The fourth-order valence-electron chi connectivity index (χ4n) is 2.91. The van der Waals surface area contributed by atoms with Gasteiger partial charge < -0.3 is 11.1 Å². The van der Waals surface area contributed by atoms with Crippen LogP contribution in [0.1, 0.15) is 52.5 Å². The Bertz CT molecular complexity index is 458. The molecule has 1 aromatic heterocycles. The van der Waals surface area contributed by atoms with Gasteiger partial charge in [0.15, 0.2) is 0 Å². The highest BCUT2D eigenvalue weighted by atomic mass is 16.2. The van der Waals surface area contributed by atoms with E-state index >= 15 is 0 Å². The molecule has 1 aromatic rings. The molecule has 0 aliphatic heterocycles. The average Bonchev–Trinajstić information content (AvgIpc) is 2.88. The number of nitrogens with zero attached hydrogens (tertiary/aromatic N) is 2. The average molecular weight is 278 g/mol. The molecule has 5 nitrogen and oxygen atoms in total. The van der Waals surface area contributed by atoms with Crippen LogP contribution in [0, 0.1) is 11.3 Å². The third-order valence-electron chi connectivity index (χ3n) is 4.50. The molecule has 1 amide bonds. The topological polar surface area (TPSA) is 72.9 Å². The third kappa shape index (κ3) is 2.87. The first kappa shape index (κ1) is 15.0. The van der Waals surface area contributed by atoms with Gasteiger partial charge >= 0.3 is 0 Å². The quantitative estimate of drug-likeness (QED) is 0.889. The van der Waals surface area contributed by atoms with E-state index in [1.807, 2.05) is 24.6 Å². The number of anilines is 1. The van der Waals surface area contributed by atoms with Crippen LogP contribution in [0.4, 0.5) is 5.82 Å². The van der Waals surface area contributed by atoms with Crippen LogP contribution in [-0.4, -0.2) is 22.2 Å². The fourth-order valence-corrected chi connectivity index (χ4v) is 2.91. The summed E-state index contributed by atoms with van der Waals surface area (Å²) in [6.45, 7) is 6.75. The molecule has 0 atom stereocenters. The Morgan fingerprint density at radius 1 is 1.55 bits per heavy atom. The van der Waals surface area contributed by atoms with Gasteiger partial charge in [-0.25, -0.2) is 4.68 Å². The zero-order valence-electron chi connectivity index (χ0n) is 12.7. The minimum Gasteiger partial charge on any atom is -0.329 e. The maximum Gasteiger partial charge on any atom is 0.233 e. The van der Waals surface area contributed by atoms with Crippen LogP contribution in [0.15, 0.2) is 12.3 Å². The second-order valence-electron chi connectivity index (χ2n) is 6.38. The third-order valence-corrected chi connectivity index (χ3v) is 4.50. The van der Waals surface area contributed by atoms with E-state index < -0.39 is 5.41 Å². The van der Waals surface area contributed by atoms with Crippen LogP contribution in [-0.2, 0) is 4.79 Å². The summed E-state index contributed by atoms with van der Waals surface area (Å²) in [5.74, 6) is 1.51. The molecule has 2 rings (SSSR count). The summed E-state index contributed by atoms with van der Waals surface area (Å²) in [7, 11) is 0. The number of aromatic nitrogens is 2. The van der Waals surface area contributed by atoms with Crippen molar-refractivity contribution in [2.24, 2.45) is 17.1 Å². The largest absolute Gasteiger partial charge is 0.329 e. The molecule has 20 heavy (non-hydrogen) atoms. The summed E-state index contributed by atoms with van der Waals surface area (Å²) in [4.78, 5) is 12.7. The van der Waals surface area contributed by atoms with Gasteiger partial charge in [0.2, 0.25) is 5.91 Å². The number of rotatable bonds is 4. The van der Waals surface area contributed by atoms with Gasteiger partial charge in [0.1, 0.15) is 5.82 Å². The van der Waals surface area contributed by atoms with Crippen LogP contribution >= 0.6 is 0 Å². The predicted molar refractivity (Wildman–Crippen MR) is 80.4 cm³/mol. The van der Waals surface area contributed by atoms with Crippen molar-refractivity contribution in [3.63, 3.8) is 0 Å². The molecular weight excluding hydrogens is 252 g/mol. The van der Waals surface area contributed by atoms with Crippen molar-refractivity contribution in [1.82, 2.24) is 9.78 Å². The Kier molecular flexibility index (Phi) is 4.48. The molecule has 1 fully saturated rings. The summed E-state index contributed by atoms with van der Waals surface area (Å²) in [5.41, 5.74) is 5.52. The Labute approximate surface area is 120 Å². The van der Waals surface area contributed by atoms with Crippen molar-refractivity contribution >= 4 is 11.7 Å². The lowest BCUT2D eigenvalue weighted by Crippen LogP contribution is -2.45. The molecule has 0 radical (unpaired) electrons. The minimum absolute atomic E-state index is 0.0503. The molecule has 0 spiro atoms. The monoisotopic (exact) mass is 278 g/mol. The molecule has 1 saturated carbocycles. The number of hydrogen-bond donors (Lipinski definition) is 2. The maximum absolute atomic E-state index is 12.7. The van der Waals surface area contributed by atoms with Gasteiger partial charge in [-0.15, -0.1) is 0 Å². The van der Waals surface area contributed by atoms with E-state index in [4.69, 9.17) is 5.73 Å². The first-order valence-corrected chi connectivity index (χ1v) is 7.53. The van der Waals surface area contributed by atoms with Crippen LogP contribution in [0.25, 0.3) is 0 Å². The van der Waals surface area contributed by atoms with Crippen LogP contribution in [0.2, 0.25) is 0 Å². The lowest BCUT2D eigenvalue weighted by Gasteiger charge is -2.37. The smallest absolute Gasteiger partial charge is 0.233 e. The molecule has 1 heterocycles. The zero-order valence-corrected chi connectivity index (χ0v) is 12.7. The number of carbonyl (C=O) groups excluding carboxylic acids is 1. The highest BCUT2D eigenvalue weighted by molar-refractivity contribution is 5.94. The van der Waals surface area contributed by atoms with Crippen LogP contribution < -0.4 is 11.1 Å². The van der Waals surface area contributed by atoms with E-state index in [0.717, 1.165) is 31.5 Å². The molecular formula is C15H26N4O. The number of nitrogens with one attached hydrogen (secondary N) is 1. The van der Waals surface area contributed by atoms with Crippen LogP contribution in [0.5, 0.6) is 0 Å². The molecule has 1 aliphatic rings. The minimum atomic E-state index is -0.404. The molecule has 1 aliphatic carbocycles. The summed E-state index contributed by atoms with van der Waals surface area (Å²) >= 11 is 0. The number of hydrogen-bond acceptors (Lipinski definition) is 3. The van der Waals surface area contributed by atoms with Gasteiger partial charge in [0.05, 0.1) is 11.6 Å². The van der Waals surface area contributed by atoms with E-state index in [2.05, 4.69) is 17.3 Å². The van der Waals surface area contributed by atoms with Crippen molar-refractivity contribution in [3.8, 4) is 0 Å². The summed E-state index contributed by atoms with van der Waals surface area (Å²) in [6, 6.07) is 2.06. The van der Waals surface area contributed by atoms with E-state index in [-0.39, 0.29) is 11.9 Å². The number of carbonyl (C=O) groups is 1. The SMILES string of the molecule is CC1CCC(CN)(C(=O)Nc2ccnn2C(C)C)CC1. The normalized spacial score (nSPS) is 26.8.